The smallest absolute Gasteiger partial charge is 0.0460 e. The molecular formula is C18H26N2S. The lowest BCUT2D eigenvalue weighted by Gasteiger charge is -2.21. The predicted octanol–water partition coefficient (Wildman–Crippen LogP) is 4.57. The first-order valence-corrected chi connectivity index (χ1v) is 8.47. The topological polar surface area (TPSA) is 38.0 Å². The lowest BCUT2D eigenvalue weighted by molar-refractivity contribution is 0.498. The van der Waals surface area contributed by atoms with Gasteiger partial charge in [0.1, 0.15) is 0 Å². The van der Waals surface area contributed by atoms with Crippen LogP contribution in [0.2, 0.25) is 0 Å². The summed E-state index contributed by atoms with van der Waals surface area (Å²) < 4.78 is 0. The zero-order chi connectivity index (χ0) is 15.3. The molecule has 0 aliphatic heterocycles. The van der Waals surface area contributed by atoms with Crippen molar-refractivity contribution < 1.29 is 0 Å². The minimum absolute atomic E-state index is 0.198. The van der Waals surface area contributed by atoms with Crippen LogP contribution in [0.4, 0.5) is 0 Å². The fourth-order valence-electron chi connectivity index (χ4n) is 2.50. The van der Waals surface area contributed by atoms with Crippen LogP contribution < -0.4 is 11.3 Å². The molecular weight excluding hydrogens is 276 g/mol. The standard InChI is InChI=1S/C18H26N2S/c1-18(2,3)15-11-9-14(10-12-15)17(20-19)8-4-6-16-7-5-13-21-16/h5,7,9-13,17,20H,4,6,8,19H2,1-3H3. The van der Waals surface area contributed by atoms with Gasteiger partial charge in [-0.2, -0.15) is 0 Å². The van der Waals surface area contributed by atoms with Crippen LogP contribution in [0.3, 0.4) is 0 Å². The summed E-state index contributed by atoms with van der Waals surface area (Å²) in [6.45, 7) is 6.71. The molecule has 1 atom stereocenters. The molecule has 2 rings (SSSR count). The van der Waals surface area contributed by atoms with Crippen LogP contribution in [0.15, 0.2) is 41.8 Å². The Morgan fingerprint density at radius 3 is 2.38 bits per heavy atom. The molecule has 0 saturated heterocycles. The number of benzene rings is 1. The summed E-state index contributed by atoms with van der Waals surface area (Å²) in [7, 11) is 0. The zero-order valence-corrected chi connectivity index (χ0v) is 14.0. The first kappa shape index (κ1) is 16.2. The average Bonchev–Trinajstić information content (AvgIpc) is 2.96. The Bertz CT molecular complexity index is 523. The molecule has 21 heavy (non-hydrogen) atoms. The third-order valence-corrected chi connectivity index (χ3v) is 4.81. The fraction of sp³-hybridized carbons (Fsp3) is 0.444. The summed E-state index contributed by atoms with van der Waals surface area (Å²) in [5, 5.41) is 2.14. The highest BCUT2D eigenvalue weighted by Crippen LogP contribution is 2.25. The normalized spacial score (nSPS) is 13.3. The Labute approximate surface area is 132 Å². The van der Waals surface area contributed by atoms with E-state index in [2.05, 4.69) is 68.0 Å². The molecule has 0 amide bonds. The van der Waals surface area contributed by atoms with E-state index in [0.717, 1.165) is 19.3 Å². The van der Waals surface area contributed by atoms with E-state index >= 15 is 0 Å². The van der Waals surface area contributed by atoms with Crippen LogP contribution in [0.1, 0.15) is 55.7 Å². The van der Waals surface area contributed by atoms with E-state index < -0.39 is 0 Å². The molecule has 114 valence electrons. The monoisotopic (exact) mass is 302 g/mol. The number of rotatable bonds is 6. The van der Waals surface area contributed by atoms with Gasteiger partial charge in [0.25, 0.3) is 0 Å². The van der Waals surface area contributed by atoms with Gasteiger partial charge in [-0.25, -0.2) is 0 Å². The van der Waals surface area contributed by atoms with Crippen LogP contribution >= 0.6 is 11.3 Å². The minimum atomic E-state index is 0.198. The van der Waals surface area contributed by atoms with Gasteiger partial charge < -0.3 is 0 Å². The highest BCUT2D eigenvalue weighted by molar-refractivity contribution is 7.09. The quantitative estimate of drug-likeness (QED) is 0.606. The first-order chi connectivity index (χ1) is 10.0. The summed E-state index contributed by atoms with van der Waals surface area (Å²) >= 11 is 1.83. The lowest BCUT2D eigenvalue weighted by atomic mass is 9.86. The molecule has 0 aliphatic carbocycles. The second-order valence-corrected chi connectivity index (χ2v) is 7.60. The van der Waals surface area contributed by atoms with Gasteiger partial charge in [-0.1, -0.05) is 51.1 Å². The maximum absolute atomic E-state index is 5.74. The SMILES string of the molecule is CC(C)(C)c1ccc(C(CCCc2cccs2)NN)cc1. The second-order valence-electron chi connectivity index (χ2n) is 6.56. The fourth-order valence-corrected chi connectivity index (χ4v) is 3.25. The average molecular weight is 302 g/mol. The first-order valence-electron chi connectivity index (χ1n) is 7.59. The van der Waals surface area contributed by atoms with Gasteiger partial charge in [-0.15, -0.1) is 11.3 Å². The van der Waals surface area contributed by atoms with Crippen LogP contribution in [-0.2, 0) is 11.8 Å². The number of nitrogens with one attached hydrogen (secondary N) is 1. The van der Waals surface area contributed by atoms with E-state index in [-0.39, 0.29) is 11.5 Å². The van der Waals surface area contributed by atoms with E-state index in [0.29, 0.717) is 0 Å². The van der Waals surface area contributed by atoms with Crippen molar-refractivity contribution in [3.8, 4) is 0 Å². The van der Waals surface area contributed by atoms with E-state index in [9.17, 15) is 0 Å². The molecule has 3 heteroatoms. The van der Waals surface area contributed by atoms with Crippen molar-refractivity contribution in [1.29, 1.82) is 0 Å². The van der Waals surface area contributed by atoms with Gasteiger partial charge in [0.15, 0.2) is 0 Å². The minimum Gasteiger partial charge on any atom is -0.271 e. The van der Waals surface area contributed by atoms with Crippen molar-refractivity contribution in [2.75, 3.05) is 0 Å². The molecule has 1 aromatic heterocycles. The Morgan fingerprint density at radius 1 is 1.14 bits per heavy atom. The molecule has 0 saturated carbocycles. The third kappa shape index (κ3) is 4.67. The van der Waals surface area contributed by atoms with Crippen LogP contribution in [0.25, 0.3) is 0 Å². The Kier molecular flexibility index (Phi) is 5.57. The Balaban J connectivity index is 1.94. The summed E-state index contributed by atoms with van der Waals surface area (Å²) in [5.41, 5.74) is 5.79. The largest absolute Gasteiger partial charge is 0.271 e. The van der Waals surface area contributed by atoms with Gasteiger partial charge in [-0.05, 0) is 47.3 Å². The van der Waals surface area contributed by atoms with Crippen molar-refractivity contribution in [2.45, 2.75) is 51.5 Å². The number of hydrogen-bond acceptors (Lipinski definition) is 3. The predicted molar refractivity (Wildman–Crippen MR) is 92.5 cm³/mol. The summed E-state index contributed by atoms with van der Waals surface area (Å²) in [6.07, 6.45) is 3.34. The van der Waals surface area contributed by atoms with E-state index in [4.69, 9.17) is 5.84 Å². The number of hydrazine groups is 1. The van der Waals surface area contributed by atoms with E-state index in [1.165, 1.54) is 16.0 Å². The molecule has 1 unspecified atom stereocenters. The molecule has 1 heterocycles. The van der Waals surface area contributed by atoms with Crippen LogP contribution in [0, 0.1) is 0 Å². The number of hydrogen-bond donors (Lipinski definition) is 2. The molecule has 0 aliphatic rings. The molecule has 0 spiro atoms. The van der Waals surface area contributed by atoms with Crippen molar-refractivity contribution >= 4 is 11.3 Å². The van der Waals surface area contributed by atoms with Crippen molar-refractivity contribution in [3.63, 3.8) is 0 Å². The van der Waals surface area contributed by atoms with Crippen molar-refractivity contribution in [3.05, 3.63) is 57.8 Å². The number of thiophene rings is 1. The second kappa shape index (κ2) is 7.21. The summed E-state index contributed by atoms with van der Waals surface area (Å²) in [6, 6.07) is 13.4. The molecule has 0 fully saturated rings. The molecule has 0 bridgehead atoms. The Hall–Kier alpha value is -1.16. The van der Waals surface area contributed by atoms with Gasteiger partial charge in [-0.3, -0.25) is 11.3 Å². The van der Waals surface area contributed by atoms with Gasteiger partial charge in [0, 0.05) is 10.9 Å². The van der Waals surface area contributed by atoms with Crippen LogP contribution in [-0.4, -0.2) is 0 Å². The maximum Gasteiger partial charge on any atom is 0.0460 e. The molecule has 0 radical (unpaired) electrons. The van der Waals surface area contributed by atoms with Crippen molar-refractivity contribution in [1.82, 2.24) is 5.43 Å². The molecule has 2 nitrogen and oxygen atoms in total. The molecule has 2 aromatic rings. The third-order valence-electron chi connectivity index (χ3n) is 3.88. The molecule has 1 aromatic carbocycles. The van der Waals surface area contributed by atoms with Crippen LogP contribution in [0.5, 0.6) is 0 Å². The van der Waals surface area contributed by atoms with Gasteiger partial charge in [0.05, 0.1) is 0 Å². The highest BCUT2D eigenvalue weighted by atomic mass is 32.1. The van der Waals surface area contributed by atoms with Gasteiger partial charge in [0.2, 0.25) is 0 Å². The highest BCUT2D eigenvalue weighted by Gasteiger charge is 2.15. The number of aryl methyl sites for hydroxylation is 1. The van der Waals surface area contributed by atoms with E-state index in [1.54, 1.807) is 0 Å². The Morgan fingerprint density at radius 2 is 1.86 bits per heavy atom. The molecule has 3 N–H and O–H groups in total. The summed E-state index contributed by atoms with van der Waals surface area (Å²) in [4.78, 5) is 1.45. The maximum atomic E-state index is 5.74. The van der Waals surface area contributed by atoms with E-state index in [1.807, 2.05) is 11.3 Å². The number of nitrogens with two attached hydrogens (primary N) is 1. The summed E-state index contributed by atoms with van der Waals surface area (Å²) in [5.74, 6) is 5.74. The zero-order valence-electron chi connectivity index (χ0n) is 13.2. The van der Waals surface area contributed by atoms with Crippen molar-refractivity contribution in [2.24, 2.45) is 5.84 Å². The van der Waals surface area contributed by atoms with Gasteiger partial charge >= 0.3 is 0 Å². The lowest BCUT2D eigenvalue weighted by Crippen LogP contribution is -2.28.